The number of hydrogen-bond acceptors (Lipinski definition) is 3. The molecule has 0 unspecified atom stereocenters. The summed E-state index contributed by atoms with van der Waals surface area (Å²) in [6.07, 6.45) is 6.85. The maximum atomic E-state index is 9.94. The van der Waals surface area contributed by atoms with Crippen molar-refractivity contribution in [3.63, 3.8) is 0 Å². The number of nitriles is 1. The third kappa shape index (κ3) is 2.82. The molecule has 156 valence electrons. The molecule has 0 bridgehead atoms. The number of pyridine rings is 1. The molecule has 0 saturated heterocycles. The maximum absolute atomic E-state index is 9.94. The molecule has 6 rings (SSSR count). The first-order valence-corrected chi connectivity index (χ1v) is 11.9. The number of aromatic nitrogens is 1. The molecule has 1 aliphatic rings. The summed E-state index contributed by atoms with van der Waals surface area (Å²) < 4.78 is 8.81. The SMILES string of the molecule is Cc1ccc2c(oc3c(-c4cc5c(s4)CCCC5)c(C#N)ccc32)c1-c1cccc[n+]1C. The van der Waals surface area contributed by atoms with Gasteiger partial charge in [0.05, 0.1) is 22.8 Å². The number of thiophene rings is 1. The molecule has 0 spiro atoms. The fourth-order valence-corrected chi connectivity index (χ4v) is 6.36. The minimum atomic E-state index is 0.679. The van der Waals surface area contributed by atoms with Crippen LogP contribution in [0.15, 0.2) is 59.1 Å². The summed E-state index contributed by atoms with van der Waals surface area (Å²) in [7, 11) is 2.06. The number of nitrogens with zero attached hydrogens (tertiary/aromatic N) is 2. The van der Waals surface area contributed by atoms with Crippen molar-refractivity contribution in [2.24, 2.45) is 7.05 Å². The average Bonchev–Trinajstić information content (AvgIpc) is 3.40. The first-order valence-electron chi connectivity index (χ1n) is 11.1. The highest BCUT2D eigenvalue weighted by Crippen LogP contribution is 2.44. The molecule has 0 fully saturated rings. The van der Waals surface area contributed by atoms with Crippen LogP contribution >= 0.6 is 11.3 Å². The Morgan fingerprint density at radius 1 is 0.969 bits per heavy atom. The van der Waals surface area contributed by atoms with Crippen molar-refractivity contribution in [1.82, 2.24) is 0 Å². The van der Waals surface area contributed by atoms with E-state index in [-0.39, 0.29) is 0 Å². The Labute approximate surface area is 191 Å². The van der Waals surface area contributed by atoms with Gasteiger partial charge in [0.1, 0.15) is 18.2 Å². The molecule has 1 aliphatic carbocycles. The number of hydrogen-bond donors (Lipinski definition) is 0. The van der Waals surface area contributed by atoms with Crippen molar-refractivity contribution in [2.45, 2.75) is 32.6 Å². The first kappa shape index (κ1) is 19.3. The van der Waals surface area contributed by atoms with Crippen molar-refractivity contribution < 1.29 is 8.98 Å². The summed E-state index contributed by atoms with van der Waals surface area (Å²) in [6, 6.07) is 19.3. The number of benzene rings is 2. The third-order valence-electron chi connectivity index (χ3n) is 6.69. The Balaban J connectivity index is 1.69. The van der Waals surface area contributed by atoms with E-state index >= 15 is 0 Å². The molecular weight excluding hydrogens is 412 g/mol. The van der Waals surface area contributed by atoms with Crippen molar-refractivity contribution in [3.05, 3.63) is 76.3 Å². The van der Waals surface area contributed by atoms with Crippen LogP contribution in [-0.4, -0.2) is 0 Å². The number of fused-ring (bicyclic) bond motifs is 4. The summed E-state index contributed by atoms with van der Waals surface area (Å²) in [6.45, 7) is 2.13. The van der Waals surface area contributed by atoms with Gasteiger partial charge < -0.3 is 4.42 Å². The molecule has 3 aromatic heterocycles. The highest BCUT2D eigenvalue weighted by atomic mass is 32.1. The van der Waals surface area contributed by atoms with Crippen LogP contribution in [0.3, 0.4) is 0 Å². The summed E-state index contributed by atoms with van der Waals surface area (Å²) >= 11 is 1.83. The van der Waals surface area contributed by atoms with E-state index < -0.39 is 0 Å². The molecule has 0 saturated carbocycles. The van der Waals surface area contributed by atoms with Crippen molar-refractivity contribution >= 4 is 33.3 Å². The van der Waals surface area contributed by atoms with Crippen molar-refractivity contribution in [2.75, 3.05) is 0 Å². The molecule has 0 radical (unpaired) electrons. The Kier molecular flexibility index (Phi) is 4.41. The summed E-state index contributed by atoms with van der Waals surface area (Å²) in [5, 5.41) is 12.1. The fourth-order valence-electron chi connectivity index (χ4n) is 5.06. The van der Waals surface area contributed by atoms with Crippen LogP contribution in [0.2, 0.25) is 0 Å². The van der Waals surface area contributed by atoms with E-state index in [9.17, 15) is 5.26 Å². The van der Waals surface area contributed by atoms with Gasteiger partial charge >= 0.3 is 0 Å². The monoisotopic (exact) mass is 435 g/mol. The van der Waals surface area contributed by atoms with E-state index in [1.165, 1.54) is 28.8 Å². The second-order valence-electron chi connectivity index (χ2n) is 8.68. The maximum Gasteiger partial charge on any atom is 0.216 e. The second-order valence-corrected chi connectivity index (χ2v) is 9.81. The molecule has 2 aromatic carbocycles. The highest BCUT2D eigenvalue weighted by Gasteiger charge is 2.24. The number of rotatable bonds is 2. The highest BCUT2D eigenvalue weighted by molar-refractivity contribution is 7.15. The number of aryl methyl sites for hydroxylation is 4. The minimum Gasteiger partial charge on any atom is -0.454 e. The smallest absolute Gasteiger partial charge is 0.216 e. The van der Waals surface area contributed by atoms with Crippen molar-refractivity contribution in [3.8, 4) is 27.8 Å². The predicted molar refractivity (Wildman–Crippen MR) is 130 cm³/mol. The van der Waals surface area contributed by atoms with Gasteiger partial charge in [-0.15, -0.1) is 11.3 Å². The van der Waals surface area contributed by atoms with E-state index in [1.807, 2.05) is 29.5 Å². The Bertz CT molecular complexity index is 1540. The van der Waals surface area contributed by atoms with Gasteiger partial charge in [0.25, 0.3) is 0 Å². The molecular formula is C28H23N2OS+. The summed E-state index contributed by atoms with van der Waals surface area (Å²) in [5.41, 5.74) is 8.18. The second kappa shape index (κ2) is 7.32. The van der Waals surface area contributed by atoms with Crippen LogP contribution in [0, 0.1) is 18.3 Å². The van der Waals surface area contributed by atoms with E-state index in [2.05, 4.69) is 61.1 Å². The lowest BCUT2D eigenvalue weighted by molar-refractivity contribution is -0.660. The standard InChI is InChI=1S/C28H23N2OS/c1-17-10-12-20-21-13-11-19(16-29)26(24-15-18-7-3-4-9-23(18)32-24)28(21)31-27(20)25(17)22-8-5-6-14-30(22)2/h5-6,8,10-15H,3-4,7,9H2,1-2H3/q+1. The molecule has 4 heteroatoms. The van der Waals surface area contributed by atoms with Gasteiger partial charge in [-0.25, -0.2) is 4.57 Å². The van der Waals surface area contributed by atoms with Gasteiger partial charge in [0.2, 0.25) is 5.69 Å². The van der Waals surface area contributed by atoms with E-state index in [0.29, 0.717) is 5.56 Å². The zero-order valence-corrected chi connectivity index (χ0v) is 19.1. The topological polar surface area (TPSA) is 40.8 Å². The predicted octanol–water partition coefficient (Wildman–Crippen LogP) is 6.86. The average molecular weight is 436 g/mol. The molecule has 0 atom stereocenters. The molecule has 3 heterocycles. The van der Waals surface area contributed by atoms with Crippen molar-refractivity contribution in [1.29, 1.82) is 5.26 Å². The van der Waals surface area contributed by atoms with E-state index in [4.69, 9.17) is 4.42 Å². The van der Waals surface area contributed by atoms with Gasteiger partial charge in [0.15, 0.2) is 6.20 Å². The normalized spacial score (nSPS) is 13.4. The van der Waals surface area contributed by atoms with E-state index in [0.717, 1.165) is 56.5 Å². The third-order valence-corrected chi connectivity index (χ3v) is 7.95. The Hall–Kier alpha value is -3.42. The molecule has 0 amide bonds. The lowest BCUT2D eigenvalue weighted by Crippen LogP contribution is -2.30. The van der Waals surface area contributed by atoms with Gasteiger partial charge in [-0.1, -0.05) is 12.1 Å². The van der Waals surface area contributed by atoms with Crippen LogP contribution in [0.5, 0.6) is 0 Å². The Morgan fingerprint density at radius 2 is 1.75 bits per heavy atom. The lowest BCUT2D eigenvalue weighted by atomic mass is 9.97. The summed E-state index contributed by atoms with van der Waals surface area (Å²) in [5.74, 6) is 0. The molecule has 32 heavy (non-hydrogen) atoms. The summed E-state index contributed by atoms with van der Waals surface area (Å²) in [4.78, 5) is 2.62. The molecule has 3 nitrogen and oxygen atoms in total. The largest absolute Gasteiger partial charge is 0.454 e. The molecule has 0 N–H and O–H groups in total. The lowest BCUT2D eigenvalue weighted by Gasteiger charge is -2.08. The fraction of sp³-hybridized carbons (Fsp3) is 0.214. The van der Waals surface area contributed by atoms with Gasteiger partial charge in [0, 0.05) is 32.7 Å². The van der Waals surface area contributed by atoms with Crippen LogP contribution in [-0.2, 0) is 19.9 Å². The molecule has 5 aromatic rings. The quantitative estimate of drug-likeness (QED) is 0.284. The first-order chi connectivity index (χ1) is 15.7. The van der Waals surface area contributed by atoms with Crippen LogP contribution in [0.1, 0.15) is 34.4 Å². The van der Waals surface area contributed by atoms with Crippen LogP contribution in [0.4, 0.5) is 0 Å². The zero-order valence-electron chi connectivity index (χ0n) is 18.2. The van der Waals surface area contributed by atoms with Gasteiger partial charge in [-0.3, -0.25) is 0 Å². The van der Waals surface area contributed by atoms with Gasteiger partial charge in [-0.2, -0.15) is 5.26 Å². The number of furan rings is 1. The van der Waals surface area contributed by atoms with Gasteiger partial charge in [-0.05, 0) is 68.0 Å². The minimum absolute atomic E-state index is 0.679. The van der Waals surface area contributed by atoms with E-state index in [1.54, 1.807) is 0 Å². The zero-order chi connectivity index (χ0) is 21.8. The Morgan fingerprint density at radius 3 is 2.53 bits per heavy atom. The van der Waals surface area contributed by atoms with Crippen LogP contribution in [0.25, 0.3) is 43.6 Å². The van der Waals surface area contributed by atoms with Crippen LogP contribution < -0.4 is 4.57 Å². The molecule has 0 aliphatic heterocycles.